The number of aromatic nitrogens is 2. The molecule has 1 heterocycles. The van der Waals surface area contributed by atoms with Crippen molar-refractivity contribution in [1.82, 2.24) is 20.6 Å². The Hall–Kier alpha value is -1.85. The van der Waals surface area contributed by atoms with Crippen LogP contribution in [0.5, 0.6) is 0 Å². The fourth-order valence-electron chi connectivity index (χ4n) is 2.70. The van der Waals surface area contributed by atoms with E-state index in [4.69, 9.17) is 0 Å². The highest BCUT2D eigenvalue weighted by Gasteiger charge is 2.23. The van der Waals surface area contributed by atoms with Crippen LogP contribution in [0, 0.1) is 5.92 Å². The Morgan fingerprint density at radius 2 is 2.00 bits per heavy atom. The van der Waals surface area contributed by atoms with Gasteiger partial charge in [-0.3, -0.25) is 9.59 Å². The molecular formula is C16H26N4O2. The highest BCUT2D eigenvalue weighted by molar-refractivity contribution is 6.04. The number of carbonyl (C=O) groups is 2. The first-order valence-electron chi connectivity index (χ1n) is 8.20. The predicted molar refractivity (Wildman–Crippen MR) is 84.7 cm³/mol. The molecule has 3 N–H and O–H groups in total. The van der Waals surface area contributed by atoms with Gasteiger partial charge in [-0.1, -0.05) is 33.1 Å². The normalized spacial score (nSPS) is 15.8. The van der Waals surface area contributed by atoms with Crippen LogP contribution < -0.4 is 10.6 Å². The van der Waals surface area contributed by atoms with Gasteiger partial charge in [0.15, 0.2) is 5.69 Å². The minimum atomic E-state index is -0.271. The molecule has 1 aliphatic carbocycles. The number of carbonyl (C=O) groups excluding carboxylic acids is 2. The first-order valence-corrected chi connectivity index (χ1v) is 8.20. The van der Waals surface area contributed by atoms with Gasteiger partial charge in [0.1, 0.15) is 5.69 Å². The third-order valence-electron chi connectivity index (χ3n) is 4.03. The van der Waals surface area contributed by atoms with E-state index in [1.807, 2.05) is 0 Å². The summed E-state index contributed by atoms with van der Waals surface area (Å²) in [6, 6.07) is 0.204. The smallest absolute Gasteiger partial charge is 0.272 e. The van der Waals surface area contributed by atoms with E-state index >= 15 is 0 Å². The van der Waals surface area contributed by atoms with Crippen LogP contribution in [-0.4, -0.2) is 34.4 Å². The number of hydrogen-bond acceptors (Lipinski definition) is 3. The first-order chi connectivity index (χ1) is 10.6. The Balaban J connectivity index is 1.92. The molecule has 22 heavy (non-hydrogen) atoms. The maximum atomic E-state index is 12.3. The SMILES string of the molecule is CC(C)CCNC(=O)c1[nH]cnc1C(=O)NC1CCCCC1. The molecule has 2 rings (SSSR count). The molecule has 6 nitrogen and oxygen atoms in total. The molecule has 0 unspecified atom stereocenters. The van der Waals surface area contributed by atoms with Crippen molar-refractivity contribution in [3.63, 3.8) is 0 Å². The van der Waals surface area contributed by atoms with E-state index in [2.05, 4.69) is 34.4 Å². The summed E-state index contributed by atoms with van der Waals surface area (Å²) in [5, 5.41) is 5.81. The highest BCUT2D eigenvalue weighted by atomic mass is 16.2. The summed E-state index contributed by atoms with van der Waals surface area (Å²) in [7, 11) is 0. The van der Waals surface area contributed by atoms with Crippen molar-refractivity contribution >= 4 is 11.8 Å². The number of amides is 2. The van der Waals surface area contributed by atoms with Crippen LogP contribution in [0.1, 0.15) is 73.3 Å². The van der Waals surface area contributed by atoms with Crippen LogP contribution in [0.25, 0.3) is 0 Å². The molecule has 0 aromatic carbocycles. The van der Waals surface area contributed by atoms with Gasteiger partial charge in [-0.2, -0.15) is 0 Å². The van der Waals surface area contributed by atoms with E-state index in [0.29, 0.717) is 12.5 Å². The summed E-state index contributed by atoms with van der Waals surface area (Å²) in [5.41, 5.74) is 0.435. The van der Waals surface area contributed by atoms with Gasteiger partial charge in [-0.05, 0) is 25.2 Å². The van der Waals surface area contributed by atoms with Gasteiger partial charge in [-0.15, -0.1) is 0 Å². The summed E-state index contributed by atoms with van der Waals surface area (Å²) in [5.74, 6) is -0.00904. The minimum Gasteiger partial charge on any atom is -0.351 e. The highest BCUT2D eigenvalue weighted by Crippen LogP contribution is 2.18. The maximum absolute atomic E-state index is 12.3. The lowest BCUT2D eigenvalue weighted by Crippen LogP contribution is -2.37. The quantitative estimate of drug-likeness (QED) is 0.753. The average Bonchev–Trinajstić information content (AvgIpc) is 2.97. The van der Waals surface area contributed by atoms with Crippen LogP contribution in [0.4, 0.5) is 0 Å². The lowest BCUT2D eigenvalue weighted by atomic mass is 9.95. The fraction of sp³-hybridized carbons (Fsp3) is 0.688. The van der Waals surface area contributed by atoms with Crippen LogP contribution in [0.3, 0.4) is 0 Å². The van der Waals surface area contributed by atoms with E-state index in [0.717, 1.165) is 32.1 Å². The molecule has 1 saturated carbocycles. The van der Waals surface area contributed by atoms with E-state index in [-0.39, 0.29) is 29.2 Å². The average molecular weight is 306 g/mol. The Morgan fingerprint density at radius 1 is 1.27 bits per heavy atom. The molecule has 0 saturated heterocycles. The van der Waals surface area contributed by atoms with Crippen molar-refractivity contribution in [2.24, 2.45) is 5.92 Å². The number of nitrogens with zero attached hydrogens (tertiary/aromatic N) is 1. The van der Waals surface area contributed by atoms with Crippen molar-refractivity contribution in [3.05, 3.63) is 17.7 Å². The molecule has 0 bridgehead atoms. The zero-order valence-electron chi connectivity index (χ0n) is 13.4. The number of imidazole rings is 1. The molecule has 0 spiro atoms. The van der Waals surface area contributed by atoms with E-state index in [1.54, 1.807) is 0 Å². The van der Waals surface area contributed by atoms with Crippen LogP contribution >= 0.6 is 0 Å². The van der Waals surface area contributed by atoms with Crippen molar-refractivity contribution in [2.45, 2.75) is 58.4 Å². The van der Waals surface area contributed by atoms with Gasteiger partial charge in [-0.25, -0.2) is 4.98 Å². The third kappa shape index (κ3) is 4.58. The number of rotatable bonds is 6. The van der Waals surface area contributed by atoms with Gasteiger partial charge in [0, 0.05) is 12.6 Å². The van der Waals surface area contributed by atoms with Gasteiger partial charge in [0.2, 0.25) is 0 Å². The topological polar surface area (TPSA) is 86.9 Å². The summed E-state index contributed by atoms with van der Waals surface area (Å²) in [6.45, 7) is 4.80. The Morgan fingerprint density at radius 3 is 2.68 bits per heavy atom. The Labute approximate surface area is 131 Å². The monoisotopic (exact) mass is 306 g/mol. The van der Waals surface area contributed by atoms with E-state index in [1.165, 1.54) is 12.7 Å². The van der Waals surface area contributed by atoms with Crippen LogP contribution in [0.15, 0.2) is 6.33 Å². The zero-order chi connectivity index (χ0) is 15.9. The molecule has 1 aliphatic rings. The predicted octanol–water partition coefficient (Wildman–Crippen LogP) is 2.25. The van der Waals surface area contributed by atoms with E-state index < -0.39 is 0 Å². The molecule has 6 heteroatoms. The molecule has 0 atom stereocenters. The number of hydrogen-bond donors (Lipinski definition) is 3. The zero-order valence-corrected chi connectivity index (χ0v) is 13.4. The second-order valence-corrected chi connectivity index (χ2v) is 6.37. The van der Waals surface area contributed by atoms with Gasteiger partial charge in [0.25, 0.3) is 11.8 Å². The van der Waals surface area contributed by atoms with Gasteiger partial charge >= 0.3 is 0 Å². The Bertz CT molecular complexity index is 504. The van der Waals surface area contributed by atoms with Crippen LogP contribution in [-0.2, 0) is 0 Å². The van der Waals surface area contributed by atoms with Crippen LogP contribution in [0.2, 0.25) is 0 Å². The number of aromatic amines is 1. The van der Waals surface area contributed by atoms with Gasteiger partial charge in [0.05, 0.1) is 6.33 Å². The largest absolute Gasteiger partial charge is 0.351 e. The molecule has 1 fully saturated rings. The van der Waals surface area contributed by atoms with Gasteiger partial charge < -0.3 is 15.6 Å². The second kappa shape index (κ2) is 7.96. The summed E-state index contributed by atoms with van der Waals surface area (Å²) in [4.78, 5) is 31.2. The molecule has 0 aliphatic heterocycles. The third-order valence-corrected chi connectivity index (χ3v) is 4.03. The lowest BCUT2D eigenvalue weighted by molar-refractivity contribution is 0.0897. The standard InChI is InChI=1S/C16H26N4O2/c1-11(2)8-9-17-15(21)13-14(19-10-18-13)16(22)20-12-6-4-3-5-7-12/h10-12H,3-9H2,1-2H3,(H,17,21)(H,18,19)(H,20,22). The molecule has 2 amide bonds. The van der Waals surface area contributed by atoms with Crippen molar-refractivity contribution in [2.75, 3.05) is 6.54 Å². The van der Waals surface area contributed by atoms with Crippen molar-refractivity contribution < 1.29 is 9.59 Å². The van der Waals surface area contributed by atoms with Crippen molar-refractivity contribution in [1.29, 1.82) is 0 Å². The maximum Gasteiger partial charge on any atom is 0.272 e. The second-order valence-electron chi connectivity index (χ2n) is 6.37. The van der Waals surface area contributed by atoms with E-state index in [9.17, 15) is 9.59 Å². The number of H-pyrrole nitrogens is 1. The molecule has 1 aromatic heterocycles. The molecule has 1 aromatic rings. The first kappa shape index (κ1) is 16.5. The molecule has 0 radical (unpaired) electrons. The summed E-state index contributed by atoms with van der Waals surface area (Å²) < 4.78 is 0. The Kier molecular flexibility index (Phi) is 5.98. The minimum absolute atomic E-state index is 0.188. The molecule has 122 valence electrons. The summed E-state index contributed by atoms with van der Waals surface area (Å²) >= 11 is 0. The lowest BCUT2D eigenvalue weighted by Gasteiger charge is -2.22. The fourth-order valence-corrected chi connectivity index (χ4v) is 2.70. The van der Waals surface area contributed by atoms with Crippen molar-refractivity contribution in [3.8, 4) is 0 Å². The summed E-state index contributed by atoms with van der Waals surface area (Å²) in [6.07, 6.45) is 7.84. The molecular weight excluding hydrogens is 280 g/mol. The number of nitrogens with one attached hydrogen (secondary N) is 3.